The van der Waals surface area contributed by atoms with Gasteiger partial charge in [0.15, 0.2) is 0 Å². The normalized spacial score (nSPS) is 8.29. The third kappa shape index (κ3) is 46.1. The molecule has 6 heteroatoms. The van der Waals surface area contributed by atoms with E-state index in [0.717, 1.165) is 0 Å². The molecule has 0 heterocycles. The van der Waals surface area contributed by atoms with Crippen LogP contribution >= 0.6 is 0 Å². The van der Waals surface area contributed by atoms with Crippen molar-refractivity contribution in [1.29, 1.82) is 0 Å². The van der Waals surface area contributed by atoms with E-state index in [0.29, 0.717) is 0 Å². The average molecular weight is 300 g/mol. The van der Waals surface area contributed by atoms with Crippen LogP contribution in [-0.2, 0) is 28.8 Å². The molecule has 0 aromatic rings. The maximum absolute atomic E-state index is 10.0. The minimum atomic E-state index is -0.0625. The Bertz CT molecular complexity index is 309. The Hall–Kier alpha value is -1.98. The summed E-state index contributed by atoms with van der Waals surface area (Å²) in [6.45, 7) is 8.42. The van der Waals surface area contributed by atoms with Crippen LogP contribution in [0.2, 0.25) is 0 Å². The first kappa shape index (κ1) is 24.1. The number of carbonyl (C=O) groups excluding carboxylic acids is 6. The van der Waals surface area contributed by atoms with Gasteiger partial charge in [0.1, 0.15) is 34.7 Å². The van der Waals surface area contributed by atoms with Crippen molar-refractivity contribution in [2.45, 2.75) is 60.8 Å². The van der Waals surface area contributed by atoms with Crippen LogP contribution in [0.25, 0.3) is 0 Å². The molecule has 0 spiro atoms. The standard InChI is InChI=1S/3C5H8O2/c3*1-4(6)3-5(2)7/h3*3H2,1-2H3. The van der Waals surface area contributed by atoms with Gasteiger partial charge in [-0.15, -0.1) is 0 Å². The third-order valence-electron chi connectivity index (χ3n) is 1.49. The monoisotopic (exact) mass is 300 g/mol. The highest BCUT2D eigenvalue weighted by Gasteiger charge is 1.95. The van der Waals surface area contributed by atoms with E-state index in [1.54, 1.807) is 0 Å². The molecule has 0 N–H and O–H groups in total. The summed E-state index contributed by atoms with van der Waals surface area (Å²) < 4.78 is 0. The first-order valence-corrected chi connectivity index (χ1v) is 6.35. The minimum Gasteiger partial charge on any atom is -0.300 e. The van der Waals surface area contributed by atoms with Crippen molar-refractivity contribution >= 4 is 34.7 Å². The van der Waals surface area contributed by atoms with Gasteiger partial charge in [0.2, 0.25) is 0 Å². The molecule has 0 aliphatic carbocycles. The maximum Gasteiger partial charge on any atom is 0.137 e. The third-order valence-corrected chi connectivity index (χ3v) is 1.49. The van der Waals surface area contributed by atoms with Gasteiger partial charge in [-0.1, -0.05) is 0 Å². The first-order valence-electron chi connectivity index (χ1n) is 6.35. The maximum atomic E-state index is 10.0. The van der Waals surface area contributed by atoms with E-state index in [2.05, 4.69) is 0 Å². The SMILES string of the molecule is CC(=O)CC(C)=O.CC(=O)CC(C)=O.CC(=O)CC(C)=O. The number of hydrogen-bond acceptors (Lipinski definition) is 6. The van der Waals surface area contributed by atoms with Crippen LogP contribution in [-0.4, -0.2) is 34.7 Å². The summed E-state index contributed by atoms with van der Waals surface area (Å²) in [7, 11) is 0. The molecule has 0 bridgehead atoms. The molecule has 6 nitrogen and oxygen atoms in total. The minimum absolute atomic E-state index is 0.0625. The lowest BCUT2D eigenvalue weighted by Crippen LogP contribution is -1.97. The summed E-state index contributed by atoms with van der Waals surface area (Å²) in [6, 6.07) is 0. The Morgan fingerprint density at radius 1 is 0.381 bits per heavy atom. The Morgan fingerprint density at radius 2 is 0.476 bits per heavy atom. The molecule has 0 saturated heterocycles. The number of hydrogen-bond donors (Lipinski definition) is 0. The lowest BCUT2D eigenvalue weighted by molar-refractivity contribution is -0.126. The second-order valence-electron chi connectivity index (χ2n) is 4.74. The van der Waals surface area contributed by atoms with Gasteiger partial charge in [-0.05, 0) is 41.5 Å². The highest BCUT2D eigenvalue weighted by Crippen LogP contribution is 1.81. The van der Waals surface area contributed by atoms with E-state index in [-0.39, 0.29) is 54.0 Å². The van der Waals surface area contributed by atoms with E-state index in [9.17, 15) is 28.8 Å². The number of ketones is 6. The Kier molecular flexibility index (Phi) is 16.5. The van der Waals surface area contributed by atoms with Crippen molar-refractivity contribution in [3.63, 3.8) is 0 Å². The summed E-state index contributed by atoms with van der Waals surface area (Å²) in [4.78, 5) is 60.2. The van der Waals surface area contributed by atoms with Crippen LogP contribution in [0.1, 0.15) is 60.8 Å². The van der Waals surface area contributed by atoms with Crippen molar-refractivity contribution in [3.05, 3.63) is 0 Å². The smallest absolute Gasteiger partial charge is 0.137 e. The lowest BCUT2D eigenvalue weighted by atomic mass is 10.2. The van der Waals surface area contributed by atoms with Gasteiger partial charge in [-0.2, -0.15) is 0 Å². The molecule has 0 aromatic heterocycles. The predicted molar refractivity (Wildman–Crippen MR) is 77.9 cm³/mol. The summed E-state index contributed by atoms with van der Waals surface area (Å²) in [5.41, 5.74) is 0. The molecule has 0 saturated carbocycles. The number of Topliss-reactive ketones (excluding diaryl/α,β-unsaturated/α-hetero) is 6. The summed E-state index contributed by atoms with van der Waals surface area (Å²) in [5, 5.41) is 0. The van der Waals surface area contributed by atoms with Crippen LogP contribution in [0.4, 0.5) is 0 Å². The number of rotatable bonds is 6. The van der Waals surface area contributed by atoms with E-state index in [1.165, 1.54) is 41.5 Å². The Labute approximate surface area is 125 Å². The van der Waals surface area contributed by atoms with Gasteiger partial charge in [0.05, 0.1) is 19.3 Å². The molecule has 0 radical (unpaired) electrons. The quantitative estimate of drug-likeness (QED) is 0.691. The summed E-state index contributed by atoms with van der Waals surface area (Å²) in [5.74, 6) is -0.375. The Morgan fingerprint density at radius 3 is 0.476 bits per heavy atom. The zero-order valence-electron chi connectivity index (χ0n) is 13.6. The molecule has 120 valence electrons. The van der Waals surface area contributed by atoms with Crippen molar-refractivity contribution in [2.24, 2.45) is 0 Å². The van der Waals surface area contributed by atoms with Crippen LogP contribution in [0, 0.1) is 0 Å². The van der Waals surface area contributed by atoms with Crippen molar-refractivity contribution in [2.75, 3.05) is 0 Å². The highest BCUT2D eigenvalue weighted by molar-refractivity contribution is 5.97. The fourth-order valence-corrected chi connectivity index (χ4v) is 1.05. The van der Waals surface area contributed by atoms with E-state index in [4.69, 9.17) is 0 Å². The molecular formula is C15H24O6. The van der Waals surface area contributed by atoms with Gasteiger partial charge in [0, 0.05) is 0 Å². The second-order valence-corrected chi connectivity index (χ2v) is 4.74. The Balaban J connectivity index is -0.000000231. The molecule has 0 aliphatic rings. The zero-order valence-corrected chi connectivity index (χ0v) is 13.6. The molecule has 0 atom stereocenters. The molecule has 0 aliphatic heterocycles. The van der Waals surface area contributed by atoms with E-state index < -0.39 is 0 Å². The van der Waals surface area contributed by atoms with Gasteiger partial charge in [-0.25, -0.2) is 0 Å². The molecule has 0 fully saturated rings. The fraction of sp³-hybridized carbons (Fsp3) is 0.600. The van der Waals surface area contributed by atoms with E-state index >= 15 is 0 Å². The van der Waals surface area contributed by atoms with Crippen LogP contribution in [0.3, 0.4) is 0 Å². The van der Waals surface area contributed by atoms with Crippen LogP contribution in [0.5, 0.6) is 0 Å². The molecular weight excluding hydrogens is 276 g/mol. The van der Waals surface area contributed by atoms with Gasteiger partial charge >= 0.3 is 0 Å². The topological polar surface area (TPSA) is 102 Å². The van der Waals surface area contributed by atoms with Gasteiger partial charge in [0.25, 0.3) is 0 Å². The van der Waals surface area contributed by atoms with Crippen molar-refractivity contribution < 1.29 is 28.8 Å². The van der Waals surface area contributed by atoms with Crippen LogP contribution < -0.4 is 0 Å². The first-order chi connectivity index (χ1) is 9.38. The fourth-order valence-electron chi connectivity index (χ4n) is 1.05. The van der Waals surface area contributed by atoms with Crippen molar-refractivity contribution in [1.82, 2.24) is 0 Å². The lowest BCUT2D eigenvalue weighted by Gasteiger charge is -1.81. The molecule has 0 aromatic carbocycles. The molecule has 0 unspecified atom stereocenters. The van der Waals surface area contributed by atoms with Crippen molar-refractivity contribution in [3.8, 4) is 0 Å². The summed E-state index contributed by atoms with van der Waals surface area (Å²) in [6.07, 6.45) is 0.250. The average Bonchev–Trinajstić information content (AvgIpc) is 2.10. The number of carbonyl (C=O) groups is 6. The zero-order chi connectivity index (χ0) is 17.6. The van der Waals surface area contributed by atoms with Crippen LogP contribution in [0.15, 0.2) is 0 Å². The summed E-state index contributed by atoms with van der Waals surface area (Å²) >= 11 is 0. The second kappa shape index (κ2) is 14.4. The van der Waals surface area contributed by atoms with E-state index in [1.807, 2.05) is 0 Å². The molecule has 21 heavy (non-hydrogen) atoms. The molecule has 0 amide bonds. The van der Waals surface area contributed by atoms with Gasteiger partial charge < -0.3 is 0 Å². The predicted octanol–water partition coefficient (Wildman–Crippen LogP) is 1.66. The highest BCUT2D eigenvalue weighted by atomic mass is 16.2. The largest absolute Gasteiger partial charge is 0.300 e. The van der Waals surface area contributed by atoms with Gasteiger partial charge in [-0.3, -0.25) is 28.8 Å². The molecule has 0 rings (SSSR count).